The summed E-state index contributed by atoms with van der Waals surface area (Å²) in [4.78, 5) is 36.6. The van der Waals surface area contributed by atoms with Crippen LogP contribution in [-0.2, 0) is 47.5 Å². The number of hydrogen-bond donors (Lipinski definition) is 15. The van der Waals surface area contributed by atoms with Crippen LogP contribution in [-0.4, -0.2) is 239 Å². The molecule has 4 fully saturated rings. The zero-order valence-corrected chi connectivity index (χ0v) is 31.0. The van der Waals surface area contributed by atoms with E-state index < -0.39 is 179 Å². The maximum absolute atomic E-state index is 12.6. The monoisotopic (exact) mass is 834 g/mol. The van der Waals surface area contributed by atoms with Gasteiger partial charge in [-0.1, -0.05) is 0 Å². The van der Waals surface area contributed by atoms with Crippen LogP contribution in [0.3, 0.4) is 0 Å². The topological polar surface area (TPSA) is 403 Å². The number of hydrogen-bond acceptors (Lipinski definition) is 22. The van der Waals surface area contributed by atoms with Gasteiger partial charge in [0.25, 0.3) is 5.79 Å². The van der Waals surface area contributed by atoms with Crippen molar-refractivity contribution in [2.75, 3.05) is 26.4 Å². The van der Waals surface area contributed by atoms with E-state index in [4.69, 9.17) is 33.2 Å². The van der Waals surface area contributed by atoms with Gasteiger partial charge in [-0.3, -0.25) is 9.59 Å². The summed E-state index contributed by atoms with van der Waals surface area (Å²) < 4.78 is 39.6. The van der Waals surface area contributed by atoms with Crippen LogP contribution in [0.4, 0.5) is 0 Å². The number of aliphatic hydroxyl groups is 12. The van der Waals surface area contributed by atoms with E-state index >= 15 is 0 Å². The first kappa shape index (κ1) is 47.3. The molecular weight excluding hydrogens is 780 g/mol. The lowest BCUT2D eigenvalue weighted by Gasteiger charge is -2.49. The van der Waals surface area contributed by atoms with Crippen LogP contribution >= 0.6 is 0 Å². The molecular formula is C32H54N2O23. The fourth-order valence-corrected chi connectivity index (χ4v) is 7.18. The van der Waals surface area contributed by atoms with Crippen molar-refractivity contribution in [1.29, 1.82) is 0 Å². The normalized spacial score (nSPS) is 45.1. The van der Waals surface area contributed by atoms with Gasteiger partial charge in [-0.15, -0.1) is 0 Å². The van der Waals surface area contributed by atoms with Crippen molar-refractivity contribution in [2.24, 2.45) is 0 Å². The van der Waals surface area contributed by atoms with E-state index in [-0.39, 0.29) is 0 Å². The highest BCUT2D eigenvalue weighted by Crippen LogP contribution is 2.36. The number of aliphatic hydroxyl groups excluding tert-OH is 12. The van der Waals surface area contributed by atoms with Gasteiger partial charge in [0.05, 0.1) is 44.7 Å². The molecule has 4 rings (SSSR count). The Balaban J connectivity index is 1.54. The van der Waals surface area contributed by atoms with Crippen LogP contribution in [0, 0.1) is 0 Å². The summed E-state index contributed by atoms with van der Waals surface area (Å²) in [5, 5.41) is 141. The minimum Gasteiger partial charge on any atom is -0.477 e. The molecule has 4 heterocycles. The van der Waals surface area contributed by atoms with Gasteiger partial charge in [-0.05, 0) is 6.92 Å². The first-order valence-corrected chi connectivity index (χ1v) is 18.0. The molecule has 21 atom stereocenters. The lowest BCUT2D eigenvalue weighted by atomic mass is 9.88. The van der Waals surface area contributed by atoms with E-state index in [9.17, 15) is 80.8 Å². The maximum Gasteiger partial charge on any atom is 0.364 e. The number of carbonyl (C=O) groups is 3. The minimum atomic E-state index is -2.89. The van der Waals surface area contributed by atoms with Crippen molar-refractivity contribution in [3.05, 3.63) is 0 Å². The van der Waals surface area contributed by atoms with E-state index in [1.54, 1.807) is 0 Å². The molecule has 2 amide bonds. The predicted molar refractivity (Wildman–Crippen MR) is 178 cm³/mol. The number of rotatable bonds is 15. The zero-order chi connectivity index (χ0) is 42.7. The summed E-state index contributed by atoms with van der Waals surface area (Å²) in [7, 11) is 0. The first-order chi connectivity index (χ1) is 26.7. The summed E-state index contributed by atoms with van der Waals surface area (Å²) in [5.41, 5.74) is 0. The molecule has 7 unspecified atom stereocenters. The quantitative estimate of drug-likeness (QED) is 0.0728. The van der Waals surface area contributed by atoms with Gasteiger partial charge in [0.15, 0.2) is 12.6 Å². The van der Waals surface area contributed by atoms with Crippen molar-refractivity contribution >= 4 is 17.8 Å². The lowest BCUT2D eigenvalue weighted by molar-refractivity contribution is -0.366. The van der Waals surface area contributed by atoms with Gasteiger partial charge >= 0.3 is 5.97 Å². The smallest absolute Gasteiger partial charge is 0.364 e. The third kappa shape index (κ3) is 10.3. The second-order valence-electron chi connectivity index (χ2n) is 14.4. The van der Waals surface area contributed by atoms with Gasteiger partial charge in [-0.2, -0.15) is 0 Å². The maximum atomic E-state index is 12.6. The van der Waals surface area contributed by atoms with E-state index in [1.165, 1.54) is 6.92 Å². The zero-order valence-electron chi connectivity index (χ0n) is 31.0. The van der Waals surface area contributed by atoms with Gasteiger partial charge in [0, 0.05) is 20.3 Å². The minimum absolute atomic E-state index is 0.638. The third-order valence-electron chi connectivity index (χ3n) is 10.2. The molecule has 0 saturated carbocycles. The Morgan fingerprint density at radius 2 is 1.28 bits per heavy atom. The highest BCUT2D eigenvalue weighted by Gasteiger charge is 2.58. The molecule has 330 valence electrons. The lowest BCUT2D eigenvalue weighted by Crippen LogP contribution is -2.69. The van der Waals surface area contributed by atoms with E-state index in [2.05, 4.69) is 10.6 Å². The number of carbonyl (C=O) groups excluding carboxylic acids is 2. The fourth-order valence-electron chi connectivity index (χ4n) is 7.18. The van der Waals surface area contributed by atoms with Crippen molar-refractivity contribution < 1.29 is 114 Å². The molecule has 0 bridgehead atoms. The number of aliphatic carboxylic acids is 1. The Labute approximate surface area is 324 Å². The Bertz CT molecular complexity index is 1350. The number of carboxylic acid groups (broad SMARTS) is 1. The summed E-state index contributed by atoms with van der Waals surface area (Å²) in [6.07, 6.45) is -32.5. The third-order valence-corrected chi connectivity index (χ3v) is 10.2. The van der Waals surface area contributed by atoms with Crippen LogP contribution in [0.1, 0.15) is 27.2 Å². The van der Waals surface area contributed by atoms with Gasteiger partial charge in [-0.25, -0.2) is 4.79 Å². The molecule has 0 aliphatic carbocycles. The molecule has 0 spiro atoms. The van der Waals surface area contributed by atoms with Gasteiger partial charge in [0.1, 0.15) is 91.5 Å². The Morgan fingerprint density at radius 3 is 1.84 bits per heavy atom. The summed E-state index contributed by atoms with van der Waals surface area (Å²) >= 11 is 0. The Morgan fingerprint density at radius 1 is 0.719 bits per heavy atom. The number of amides is 2. The summed E-state index contributed by atoms with van der Waals surface area (Å²) in [6.45, 7) is -0.0762. The Hall–Kier alpha value is -2.35. The molecule has 25 heteroatoms. The van der Waals surface area contributed by atoms with Gasteiger partial charge < -0.3 is 110 Å². The van der Waals surface area contributed by atoms with Gasteiger partial charge in [0.2, 0.25) is 11.8 Å². The van der Waals surface area contributed by atoms with Crippen LogP contribution < -0.4 is 10.6 Å². The standard InChI is InChI=1S/C32H54N2O23/c1-9-26(24(47)20(43)14(6-36)52-9)55-29-18(34-11(3)39)22(45)27(15(7-37)53-29)56-30-25(48)23(46)21(44)16(54-30)8-51-32(31(49)50)4-12(40)17(33-10(2)38)28(57-32)19(42)13(41)5-35/h9,12-30,35-37,40-48H,4-8H2,1-3H3,(H,33,38)(H,34,39)(H,49,50)/t9-,12-,13-,14?,15+,16?,17-,18?,19-,20-,21+,22?,23+,24+,25?,26?,27-,28?,29+,30+,32-/m1/s1. The van der Waals surface area contributed by atoms with Crippen LogP contribution in [0.5, 0.6) is 0 Å². The summed E-state index contributed by atoms with van der Waals surface area (Å²) in [5.74, 6) is -6.28. The average Bonchev–Trinajstić information content (AvgIpc) is 3.16. The van der Waals surface area contributed by atoms with Crippen LogP contribution in [0.25, 0.3) is 0 Å². The molecule has 0 aromatic rings. The first-order valence-electron chi connectivity index (χ1n) is 18.0. The fraction of sp³-hybridized carbons (Fsp3) is 0.906. The molecule has 57 heavy (non-hydrogen) atoms. The van der Waals surface area contributed by atoms with Crippen molar-refractivity contribution in [2.45, 2.75) is 155 Å². The van der Waals surface area contributed by atoms with Crippen LogP contribution in [0.15, 0.2) is 0 Å². The number of nitrogens with one attached hydrogen (secondary N) is 2. The highest BCUT2D eigenvalue weighted by atomic mass is 16.8. The van der Waals surface area contributed by atoms with E-state index in [0.717, 1.165) is 13.8 Å². The van der Waals surface area contributed by atoms with Crippen molar-refractivity contribution in [1.82, 2.24) is 10.6 Å². The molecule has 4 aliphatic rings. The number of carboxylic acids is 1. The summed E-state index contributed by atoms with van der Waals surface area (Å²) in [6, 6.07) is -3.08. The highest BCUT2D eigenvalue weighted by molar-refractivity contribution is 5.76. The second-order valence-corrected chi connectivity index (χ2v) is 14.4. The largest absolute Gasteiger partial charge is 0.477 e. The predicted octanol–water partition coefficient (Wildman–Crippen LogP) is -9.19. The van der Waals surface area contributed by atoms with E-state index in [0.29, 0.717) is 0 Å². The van der Waals surface area contributed by atoms with Crippen molar-refractivity contribution in [3.63, 3.8) is 0 Å². The van der Waals surface area contributed by atoms with Crippen LogP contribution in [0.2, 0.25) is 0 Å². The average molecular weight is 835 g/mol. The molecule has 4 aliphatic heterocycles. The Kier molecular flexibility index (Phi) is 16.4. The second kappa shape index (κ2) is 19.8. The molecule has 4 saturated heterocycles. The van der Waals surface area contributed by atoms with Crippen molar-refractivity contribution in [3.8, 4) is 0 Å². The molecule has 25 nitrogen and oxygen atoms in total. The SMILES string of the molecule is CC(=O)NC1C(O)[C@H](O[C@@H]2OC(CO[C@]3(C(=O)O)C[C@@H](O)[C@@H](NC(C)=O)C([C@H](O)[C@H](O)CO)O3)[C@H](O)[C@H](O)C2O)[C@H](CO)O[C@H]1OC1[C@@H](O)[C@H](O)C(CO)O[C@@H]1C. The van der Waals surface area contributed by atoms with E-state index in [1.807, 2.05) is 0 Å². The molecule has 15 N–H and O–H groups in total. The molecule has 0 aromatic heterocycles. The molecule has 0 aromatic carbocycles. The molecule has 0 radical (unpaired) electrons. The number of ether oxygens (including phenoxy) is 7.